The van der Waals surface area contributed by atoms with E-state index in [1.54, 1.807) is 6.92 Å². The van der Waals surface area contributed by atoms with E-state index in [1.807, 2.05) is 0 Å². The van der Waals surface area contributed by atoms with Crippen LogP contribution in [0, 0.1) is 5.82 Å². The lowest BCUT2D eigenvalue weighted by atomic mass is 10.3. The topological polar surface area (TPSA) is 79.5 Å². The lowest BCUT2D eigenvalue weighted by Gasteiger charge is -2.19. The Morgan fingerprint density at radius 3 is 2.86 bits per heavy atom. The zero-order chi connectivity index (χ0) is 16.3. The first-order valence-corrected chi connectivity index (χ1v) is 7.30. The Morgan fingerprint density at radius 1 is 1.55 bits per heavy atom. The van der Waals surface area contributed by atoms with Crippen LogP contribution in [0.25, 0.3) is 0 Å². The summed E-state index contributed by atoms with van der Waals surface area (Å²) in [6.07, 6.45) is 1.10. The van der Waals surface area contributed by atoms with Gasteiger partial charge in [-0.25, -0.2) is 9.36 Å². The van der Waals surface area contributed by atoms with Gasteiger partial charge in [-0.1, -0.05) is 6.92 Å². The third-order valence-electron chi connectivity index (χ3n) is 3.44. The van der Waals surface area contributed by atoms with Gasteiger partial charge in [-0.05, 0) is 26.2 Å². The minimum atomic E-state index is -1.18. The highest BCUT2D eigenvalue weighted by atomic mass is 19.1. The molecule has 2 heterocycles. The second-order valence-corrected chi connectivity index (χ2v) is 5.15. The van der Waals surface area contributed by atoms with Crippen molar-refractivity contribution in [2.75, 3.05) is 6.61 Å². The first kappa shape index (κ1) is 16.4. The molecule has 1 saturated heterocycles. The smallest absolute Gasteiger partial charge is 0.336 e. The highest BCUT2D eigenvalue weighted by Gasteiger charge is 2.25. The van der Waals surface area contributed by atoms with Gasteiger partial charge in [0.15, 0.2) is 6.23 Å². The third kappa shape index (κ3) is 3.27. The van der Waals surface area contributed by atoms with Crippen LogP contribution in [0.3, 0.4) is 0 Å². The molecule has 0 amide bonds. The minimum Gasteiger partial charge on any atom is -0.441 e. The summed E-state index contributed by atoms with van der Waals surface area (Å²) in [5.41, 5.74) is -1.87. The fraction of sp³-hybridized carbons (Fsp3) is 0.643. The summed E-state index contributed by atoms with van der Waals surface area (Å²) in [5, 5.41) is 0. The SMILES string of the molecule is CCCC(=O)OC(C)n1c(=O)c(F)cn([C@H]2CCCO2)c1=O. The molecule has 0 radical (unpaired) electrons. The first-order valence-electron chi connectivity index (χ1n) is 7.30. The molecule has 2 rings (SSSR count). The highest BCUT2D eigenvalue weighted by Crippen LogP contribution is 2.21. The van der Waals surface area contributed by atoms with Crippen molar-refractivity contribution in [1.29, 1.82) is 0 Å². The van der Waals surface area contributed by atoms with Crippen LogP contribution < -0.4 is 11.2 Å². The molecule has 0 spiro atoms. The number of ether oxygens (including phenoxy) is 2. The molecule has 0 bridgehead atoms. The van der Waals surface area contributed by atoms with Gasteiger partial charge in [0.2, 0.25) is 5.82 Å². The van der Waals surface area contributed by atoms with E-state index in [0.29, 0.717) is 24.0 Å². The summed E-state index contributed by atoms with van der Waals surface area (Å²) in [7, 11) is 0. The van der Waals surface area contributed by atoms with Gasteiger partial charge < -0.3 is 9.47 Å². The van der Waals surface area contributed by atoms with E-state index in [9.17, 15) is 18.8 Å². The van der Waals surface area contributed by atoms with E-state index >= 15 is 0 Å². The van der Waals surface area contributed by atoms with Crippen molar-refractivity contribution in [3.05, 3.63) is 32.9 Å². The van der Waals surface area contributed by atoms with Gasteiger partial charge in [-0.15, -0.1) is 0 Å². The summed E-state index contributed by atoms with van der Waals surface area (Å²) < 4.78 is 25.8. The van der Waals surface area contributed by atoms with Gasteiger partial charge in [-0.2, -0.15) is 4.39 Å². The van der Waals surface area contributed by atoms with Gasteiger partial charge >= 0.3 is 11.7 Å². The average Bonchev–Trinajstić information content (AvgIpc) is 2.97. The number of aromatic nitrogens is 2. The summed E-state index contributed by atoms with van der Waals surface area (Å²) >= 11 is 0. The molecule has 0 saturated carbocycles. The molecular weight excluding hydrogens is 295 g/mol. The zero-order valence-corrected chi connectivity index (χ0v) is 12.6. The van der Waals surface area contributed by atoms with Crippen molar-refractivity contribution >= 4 is 5.97 Å². The van der Waals surface area contributed by atoms with E-state index in [0.717, 1.165) is 17.2 Å². The Labute approximate surface area is 126 Å². The Balaban J connectivity index is 2.39. The quantitative estimate of drug-likeness (QED) is 0.766. The van der Waals surface area contributed by atoms with E-state index in [-0.39, 0.29) is 6.42 Å². The highest BCUT2D eigenvalue weighted by molar-refractivity contribution is 5.69. The monoisotopic (exact) mass is 314 g/mol. The van der Waals surface area contributed by atoms with Crippen molar-refractivity contribution < 1.29 is 18.7 Å². The van der Waals surface area contributed by atoms with Gasteiger partial charge in [-0.3, -0.25) is 14.2 Å². The molecule has 1 aliphatic heterocycles. The first-order chi connectivity index (χ1) is 10.5. The van der Waals surface area contributed by atoms with Crippen molar-refractivity contribution in [3.8, 4) is 0 Å². The lowest BCUT2D eigenvalue weighted by molar-refractivity contribution is -0.153. The number of carbonyl (C=O) groups excluding carboxylic acids is 1. The van der Waals surface area contributed by atoms with E-state index in [4.69, 9.17) is 9.47 Å². The maximum absolute atomic E-state index is 13.8. The molecule has 1 fully saturated rings. The Morgan fingerprint density at radius 2 is 2.27 bits per heavy atom. The van der Waals surface area contributed by atoms with E-state index < -0.39 is 35.5 Å². The molecule has 1 unspecified atom stereocenters. The zero-order valence-electron chi connectivity index (χ0n) is 12.6. The molecule has 7 nitrogen and oxygen atoms in total. The van der Waals surface area contributed by atoms with Gasteiger partial charge in [0, 0.05) is 13.0 Å². The van der Waals surface area contributed by atoms with Crippen LogP contribution in [0.4, 0.5) is 4.39 Å². The molecule has 2 atom stereocenters. The fourth-order valence-electron chi connectivity index (χ4n) is 2.37. The van der Waals surface area contributed by atoms with Crippen LogP contribution in [0.2, 0.25) is 0 Å². The Bertz CT molecular complexity index is 660. The number of halogens is 1. The molecule has 22 heavy (non-hydrogen) atoms. The number of carbonyl (C=O) groups is 1. The normalized spacial score (nSPS) is 19.1. The maximum atomic E-state index is 13.8. The van der Waals surface area contributed by atoms with Crippen LogP contribution in [0.15, 0.2) is 15.8 Å². The summed E-state index contributed by atoms with van der Waals surface area (Å²) in [5.74, 6) is -1.64. The van der Waals surface area contributed by atoms with Gasteiger partial charge in [0.25, 0.3) is 5.56 Å². The molecule has 0 N–H and O–H groups in total. The minimum absolute atomic E-state index is 0.161. The third-order valence-corrected chi connectivity index (χ3v) is 3.44. The molecule has 122 valence electrons. The molecule has 0 aliphatic carbocycles. The average molecular weight is 314 g/mol. The number of nitrogens with zero attached hydrogens (tertiary/aromatic N) is 2. The Kier molecular flexibility index (Phi) is 5.12. The number of esters is 1. The second kappa shape index (κ2) is 6.87. The number of rotatable bonds is 5. The second-order valence-electron chi connectivity index (χ2n) is 5.15. The van der Waals surface area contributed by atoms with Gasteiger partial charge in [0.05, 0.1) is 6.20 Å². The van der Waals surface area contributed by atoms with Crippen molar-refractivity contribution in [2.45, 2.75) is 52.0 Å². The molecule has 8 heteroatoms. The van der Waals surface area contributed by atoms with Crippen LogP contribution in [-0.4, -0.2) is 21.7 Å². The largest absolute Gasteiger partial charge is 0.441 e. The van der Waals surface area contributed by atoms with Crippen molar-refractivity contribution in [2.24, 2.45) is 0 Å². The van der Waals surface area contributed by atoms with E-state index in [2.05, 4.69) is 0 Å². The summed E-state index contributed by atoms with van der Waals surface area (Å²) in [4.78, 5) is 35.8. The van der Waals surface area contributed by atoms with Crippen LogP contribution in [-0.2, 0) is 14.3 Å². The standard InChI is InChI=1S/C14H19FN2O5/c1-3-5-12(18)22-9(2)17-13(19)10(15)8-16(14(17)20)11-6-4-7-21-11/h8-9,11H,3-7H2,1-2H3/t9?,11-/m1/s1. The van der Waals surface area contributed by atoms with Crippen LogP contribution in [0.5, 0.6) is 0 Å². The predicted octanol–water partition coefficient (Wildman–Crippen LogP) is 1.32. The molecule has 1 aromatic rings. The predicted molar refractivity (Wildman–Crippen MR) is 74.9 cm³/mol. The summed E-state index contributed by atoms with van der Waals surface area (Å²) in [6, 6.07) is 0. The number of hydrogen-bond donors (Lipinski definition) is 0. The fourth-order valence-corrected chi connectivity index (χ4v) is 2.37. The molecule has 0 aromatic carbocycles. The van der Waals surface area contributed by atoms with Crippen molar-refractivity contribution in [1.82, 2.24) is 9.13 Å². The molecule has 1 aromatic heterocycles. The lowest BCUT2D eigenvalue weighted by Crippen LogP contribution is -2.44. The molecular formula is C14H19FN2O5. The summed E-state index contributed by atoms with van der Waals surface area (Å²) in [6.45, 7) is 3.62. The number of hydrogen-bond acceptors (Lipinski definition) is 5. The molecule has 1 aliphatic rings. The van der Waals surface area contributed by atoms with E-state index in [1.165, 1.54) is 6.92 Å². The van der Waals surface area contributed by atoms with Gasteiger partial charge in [0.1, 0.15) is 6.23 Å². The van der Waals surface area contributed by atoms with Crippen LogP contribution >= 0.6 is 0 Å². The van der Waals surface area contributed by atoms with Crippen LogP contribution in [0.1, 0.15) is 52.0 Å². The Hall–Kier alpha value is -1.96. The maximum Gasteiger partial charge on any atom is 0.336 e. The van der Waals surface area contributed by atoms with Crippen molar-refractivity contribution in [3.63, 3.8) is 0 Å².